The van der Waals surface area contributed by atoms with Crippen LogP contribution in [-0.2, 0) is 4.79 Å². The lowest BCUT2D eigenvalue weighted by Gasteiger charge is -2.20. The van der Waals surface area contributed by atoms with Crippen molar-refractivity contribution < 1.29 is 24.3 Å². The second kappa shape index (κ2) is 4.80. The average Bonchev–Trinajstić information content (AvgIpc) is 3.25. The molecule has 0 amide bonds. The minimum Gasteiger partial charge on any atom is -0.486 e. The number of benzene rings is 1. The van der Waals surface area contributed by atoms with Crippen molar-refractivity contribution in [2.45, 2.75) is 12.8 Å². The van der Waals surface area contributed by atoms with Crippen molar-refractivity contribution in [3.05, 3.63) is 22.2 Å². The predicted octanol–water partition coefficient (Wildman–Crippen LogP) is 1.64. The fourth-order valence-corrected chi connectivity index (χ4v) is 2.25. The summed E-state index contributed by atoms with van der Waals surface area (Å²) in [6, 6.07) is 2.79. The third-order valence-electron chi connectivity index (χ3n) is 3.78. The molecule has 0 unspecified atom stereocenters. The molecule has 0 aromatic heterocycles. The van der Waals surface area contributed by atoms with Gasteiger partial charge in [0, 0.05) is 12.6 Å². The Balaban J connectivity index is 1.86. The van der Waals surface area contributed by atoms with E-state index in [0.717, 1.165) is 0 Å². The smallest absolute Gasteiger partial charge is 0.311 e. The minimum absolute atomic E-state index is 0.152. The van der Waals surface area contributed by atoms with E-state index in [1.165, 1.54) is 12.1 Å². The molecule has 1 fully saturated rings. The van der Waals surface area contributed by atoms with E-state index >= 15 is 0 Å². The van der Waals surface area contributed by atoms with Gasteiger partial charge in [-0.25, -0.2) is 0 Å². The second-order valence-corrected chi connectivity index (χ2v) is 5.21. The van der Waals surface area contributed by atoms with Crippen LogP contribution in [0.1, 0.15) is 12.8 Å². The molecule has 1 aromatic carbocycles. The van der Waals surface area contributed by atoms with Crippen molar-refractivity contribution in [3.63, 3.8) is 0 Å². The summed E-state index contributed by atoms with van der Waals surface area (Å²) < 4.78 is 10.7. The summed E-state index contributed by atoms with van der Waals surface area (Å²) in [4.78, 5) is 21.7. The van der Waals surface area contributed by atoms with Gasteiger partial charge in [0.05, 0.1) is 16.4 Å². The summed E-state index contributed by atoms with van der Waals surface area (Å²) >= 11 is 0. The monoisotopic (exact) mass is 294 g/mol. The highest BCUT2D eigenvalue weighted by atomic mass is 16.6. The summed E-state index contributed by atoms with van der Waals surface area (Å²) in [5.41, 5.74) is -0.710. The zero-order valence-corrected chi connectivity index (χ0v) is 11.1. The van der Waals surface area contributed by atoms with E-state index in [4.69, 9.17) is 14.6 Å². The largest absolute Gasteiger partial charge is 0.486 e. The van der Waals surface area contributed by atoms with Crippen LogP contribution in [0.4, 0.5) is 11.4 Å². The normalized spacial score (nSPS) is 17.9. The number of nitrogens with one attached hydrogen (secondary N) is 1. The summed E-state index contributed by atoms with van der Waals surface area (Å²) in [7, 11) is 0. The first kappa shape index (κ1) is 13.5. The van der Waals surface area contributed by atoms with Crippen LogP contribution in [0.2, 0.25) is 0 Å². The molecule has 2 N–H and O–H groups in total. The minimum atomic E-state index is -0.879. The summed E-state index contributed by atoms with van der Waals surface area (Å²) in [6.45, 7) is 0.880. The molecule has 0 radical (unpaired) electrons. The van der Waals surface area contributed by atoms with Gasteiger partial charge in [-0.2, -0.15) is 0 Å². The summed E-state index contributed by atoms with van der Waals surface area (Å²) in [5, 5.41) is 23.1. The number of carbonyl (C=O) groups is 1. The number of rotatable bonds is 5. The molecule has 3 rings (SSSR count). The Kier molecular flexibility index (Phi) is 3.08. The number of aliphatic carboxylic acids is 1. The van der Waals surface area contributed by atoms with Gasteiger partial charge in [-0.15, -0.1) is 0 Å². The lowest BCUT2D eigenvalue weighted by molar-refractivity contribution is -0.384. The van der Waals surface area contributed by atoms with E-state index in [2.05, 4.69) is 5.32 Å². The quantitative estimate of drug-likeness (QED) is 0.627. The summed E-state index contributed by atoms with van der Waals surface area (Å²) in [6.07, 6.45) is 1.15. The Bertz CT molecular complexity index is 611. The van der Waals surface area contributed by atoms with E-state index in [0.29, 0.717) is 37.6 Å². The van der Waals surface area contributed by atoms with E-state index in [1.54, 1.807) is 0 Å². The maximum atomic E-state index is 11.1. The number of carboxylic acids is 1. The topological polar surface area (TPSA) is 111 Å². The Morgan fingerprint density at radius 2 is 1.95 bits per heavy atom. The van der Waals surface area contributed by atoms with Gasteiger partial charge in [-0.3, -0.25) is 14.9 Å². The first-order valence-corrected chi connectivity index (χ1v) is 6.57. The Morgan fingerprint density at radius 3 is 2.48 bits per heavy atom. The zero-order chi connectivity index (χ0) is 15.0. The fourth-order valence-electron chi connectivity index (χ4n) is 2.25. The third kappa shape index (κ3) is 2.44. The molecule has 0 bridgehead atoms. The Labute approximate surface area is 119 Å². The van der Waals surface area contributed by atoms with Gasteiger partial charge in [0.15, 0.2) is 11.5 Å². The lowest BCUT2D eigenvalue weighted by Crippen LogP contribution is -2.24. The van der Waals surface area contributed by atoms with Crippen LogP contribution >= 0.6 is 0 Å². The molecule has 112 valence electrons. The molecule has 1 saturated carbocycles. The van der Waals surface area contributed by atoms with Crippen LogP contribution in [0.5, 0.6) is 11.5 Å². The number of nitro benzene ring substituents is 1. The first-order valence-electron chi connectivity index (χ1n) is 6.57. The van der Waals surface area contributed by atoms with Crippen LogP contribution in [0, 0.1) is 15.5 Å². The molecule has 1 aromatic rings. The molecule has 0 atom stereocenters. The zero-order valence-electron chi connectivity index (χ0n) is 11.1. The molecular weight excluding hydrogens is 280 g/mol. The number of hydrogen-bond acceptors (Lipinski definition) is 6. The van der Waals surface area contributed by atoms with Gasteiger partial charge in [0.25, 0.3) is 5.69 Å². The van der Waals surface area contributed by atoms with Gasteiger partial charge >= 0.3 is 5.97 Å². The molecule has 1 aliphatic carbocycles. The number of anilines is 1. The number of nitro groups is 1. The van der Waals surface area contributed by atoms with E-state index in [1.807, 2.05) is 0 Å². The van der Waals surface area contributed by atoms with Gasteiger partial charge in [-0.05, 0) is 12.8 Å². The predicted molar refractivity (Wildman–Crippen MR) is 71.9 cm³/mol. The SMILES string of the molecule is O=C(O)C1(CNc2cc3c(cc2[N+](=O)[O-])OCCO3)CC1. The maximum Gasteiger partial charge on any atom is 0.311 e. The van der Waals surface area contributed by atoms with Gasteiger partial charge in [-0.1, -0.05) is 0 Å². The lowest BCUT2D eigenvalue weighted by atomic mass is 10.1. The molecular formula is C13H14N2O6. The standard InChI is InChI=1S/C13H14N2O6/c16-12(17)13(1-2-13)7-14-8-5-10-11(21-4-3-20-10)6-9(8)15(18)19/h5-6,14H,1-4,7H2,(H,16,17). The third-order valence-corrected chi connectivity index (χ3v) is 3.78. The number of fused-ring (bicyclic) bond motifs is 1. The molecule has 8 heteroatoms. The highest BCUT2D eigenvalue weighted by molar-refractivity contribution is 5.79. The second-order valence-electron chi connectivity index (χ2n) is 5.21. The van der Waals surface area contributed by atoms with Crippen molar-refractivity contribution in [3.8, 4) is 11.5 Å². The van der Waals surface area contributed by atoms with Crippen molar-refractivity contribution >= 4 is 17.3 Å². The van der Waals surface area contributed by atoms with Crippen LogP contribution in [0.25, 0.3) is 0 Å². The van der Waals surface area contributed by atoms with Crippen molar-refractivity contribution in [2.75, 3.05) is 25.1 Å². The fraction of sp³-hybridized carbons (Fsp3) is 0.462. The Morgan fingerprint density at radius 1 is 1.33 bits per heavy atom. The van der Waals surface area contributed by atoms with E-state index in [9.17, 15) is 14.9 Å². The van der Waals surface area contributed by atoms with Crippen LogP contribution in [-0.4, -0.2) is 35.8 Å². The molecule has 8 nitrogen and oxygen atoms in total. The van der Waals surface area contributed by atoms with Gasteiger partial charge in [0.2, 0.25) is 0 Å². The number of hydrogen-bond donors (Lipinski definition) is 2. The first-order chi connectivity index (χ1) is 10.0. The maximum absolute atomic E-state index is 11.1. The molecule has 2 aliphatic rings. The van der Waals surface area contributed by atoms with Crippen LogP contribution in [0.3, 0.4) is 0 Å². The average molecular weight is 294 g/mol. The molecule has 1 aliphatic heterocycles. The number of carboxylic acid groups (broad SMARTS) is 1. The van der Waals surface area contributed by atoms with Crippen LogP contribution < -0.4 is 14.8 Å². The van der Waals surface area contributed by atoms with Crippen molar-refractivity contribution in [1.29, 1.82) is 0 Å². The highest BCUT2D eigenvalue weighted by Crippen LogP contribution is 2.47. The molecule has 21 heavy (non-hydrogen) atoms. The molecule has 1 heterocycles. The van der Waals surface area contributed by atoms with E-state index < -0.39 is 16.3 Å². The molecule has 0 spiro atoms. The van der Waals surface area contributed by atoms with Gasteiger partial charge < -0.3 is 19.9 Å². The summed E-state index contributed by atoms with van der Waals surface area (Å²) in [5.74, 6) is -0.123. The highest BCUT2D eigenvalue weighted by Gasteiger charge is 2.50. The number of nitrogens with zero attached hydrogens (tertiary/aromatic N) is 1. The van der Waals surface area contributed by atoms with Crippen molar-refractivity contribution in [2.24, 2.45) is 5.41 Å². The van der Waals surface area contributed by atoms with Gasteiger partial charge in [0.1, 0.15) is 18.9 Å². The molecule has 0 saturated heterocycles. The van der Waals surface area contributed by atoms with E-state index in [-0.39, 0.29) is 17.9 Å². The Hall–Kier alpha value is -2.51. The van der Waals surface area contributed by atoms with Crippen molar-refractivity contribution in [1.82, 2.24) is 0 Å². The number of ether oxygens (including phenoxy) is 2. The van der Waals surface area contributed by atoms with Crippen LogP contribution in [0.15, 0.2) is 12.1 Å².